The molecule has 3 heterocycles. The van der Waals surface area contributed by atoms with Crippen LogP contribution in [0, 0.1) is 13.5 Å². The Morgan fingerprint density at radius 2 is 2.28 bits per heavy atom. The number of nitrogens with zero attached hydrogens (tertiary/aromatic N) is 3. The molecule has 2 atom stereocenters. The Morgan fingerprint density at radius 3 is 3.00 bits per heavy atom. The predicted molar refractivity (Wildman–Crippen MR) is 89.8 cm³/mol. The largest absolute Gasteiger partial charge is 0.489 e. The van der Waals surface area contributed by atoms with E-state index in [4.69, 9.17) is 16.0 Å². The second kappa shape index (κ2) is 5.76. The number of cyclic esters (lactones) is 1. The van der Waals surface area contributed by atoms with Gasteiger partial charge in [-0.1, -0.05) is 12.6 Å². The molecular formula is C18H15N3O4. The topological polar surface area (TPSA) is 76.2 Å². The Bertz CT molecular complexity index is 906. The number of carbonyl (C=O) groups is 1. The summed E-state index contributed by atoms with van der Waals surface area (Å²) in [5.74, 6) is 0.936. The maximum atomic E-state index is 12.1. The number of hydrogen-bond donors (Lipinski definition) is 1. The van der Waals surface area contributed by atoms with Crippen LogP contribution < -0.4 is 9.64 Å². The first kappa shape index (κ1) is 15.4. The van der Waals surface area contributed by atoms with Gasteiger partial charge in [0.25, 0.3) is 5.82 Å². The van der Waals surface area contributed by atoms with Crippen LogP contribution in [0.15, 0.2) is 30.5 Å². The van der Waals surface area contributed by atoms with Gasteiger partial charge in [-0.3, -0.25) is 4.90 Å². The number of aryl methyl sites for hydroxylation is 1. The van der Waals surface area contributed by atoms with E-state index in [1.165, 1.54) is 4.90 Å². The van der Waals surface area contributed by atoms with E-state index in [1.807, 2.05) is 19.1 Å². The Hall–Kier alpha value is -3.11. The van der Waals surface area contributed by atoms with Crippen molar-refractivity contribution in [2.24, 2.45) is 0 Å². The van der Waals surface area contributed by atoms with E-state index in [2.05, 4.69) is 9.83 Å². The van der Waals surface area contributed by atoms with Crippen molar-refractivity contribution >= 4 is 17.6 Å². The van der Waals surface area contributed by atoms with E-state index in [-0.39, 0.29) is 19.3 Å². The monoisotopic (exact) mass is 337 g/mol. The van der Waals surface area contributed by atoms with E-state index in [0.717, 1.165) is 16.7 Å². The van der Waals surface area contributed by atoms with Crippen molar-refractivity contribution in [1.82, 2.24) is 4.98 Å². The highest BCUT2D eigenvalue weighted by molar-refractivity contribution is 5.94. The van der Waals surface area contributed by atoms with Gasteiger partial charge in [0, 0.05) is 5.56 Å². The molecule has 126 valence electrons. The molecule has 0 bridgehead atoms. The molecule has 2 aliphatic rings. The van der Waals surface area contributed by atoms with Crippen LogP contribution in [0.25, 0.3) is 16.0 Å². The molecule has 7 nitrogen and oxygen atoms in total. The highest BCUT2D eigenvalue weighted by Crippen LogP contribution is 2.41. The van der Waals surface area contributed by atoms with Crippen molar-refractivity contribution in [2.75, 3.05) is 18.1 Å². The van der Waals surface area contributed by atoms with Crippen LogP contribution in [0.5, 0.6) is 5.75 Å². The number of amides is 1. The van der Waals surface area contributed by atoms with Gasteiger partial charge in [-0.2, -0.15) is 0 Å². The van der Waals surface area contributed by atoms with E-state index in [9.17, 15) is 9.90 Å². The lowest BCUT2D eigenvalue weighted by Crippen LogP contribution is -2.45. The molecule has 0 spiro atoms. The fourth-order valence-corrected chi connectivity index (χ4v) is 3.26. The summed E-state index contributed by atoms with van der Waals surface area (Å²) in [6.07, 6.45) is 0.621. The van der Waals surface area contributed by atoms with Crippen LogP contribution in [-0.4, -0.2) is 41.5 Å². The van der Waals surface area contributed by atoms with Gasteiger partial charge in [0.2, 0.25) is 0 Å². The molecule has 1 N–H and O–H groups in total. The number of aliphatic hydroxyl groups is 1. The van der Waals surface area contributed by atoms with E-state index >= 15 is 0 Å². The molecule has 1 aromatic carbocycles. The van der Waals surface area contributed by atoms with Gasteiger partial charge in [-0.15, -0.1) is 4.98 Å². The van der Waals surface area contributed by atoms with Crippen molar-refractivity contribution < 1.29 is 19.4 Å². The molecule has 4 rings (SSSR count). The third-order valence-electron chi connectivity index (χ3n) is 4.54. The SMILES string of the molecule is [C-]#[N+]c1cc(C)c(-c2ccc3c(c2)OC[C@H]2[C@H](CO)OC(=O)N32)cn1. The first-order valence-electron chi connectivity index (χ1n) is 7.84. The van der Waals surface area contributed by atoms with Gasteiger partial charge in [-0.25, -0.2) is 4.79 Å². The number of aromatic nitrogens is 1. The Kier molecular flexibility index (Phi) is 3.55. The zero-order chi connectivity index (χ0) is 17.6. The summed E-state index contributed by atoms with van der Waals surface area (Å²) >= 11 is 0. The highest BCUT2D eigenvalue weighted by Gasteiger charge is 2.46. The molecule has 1 aromatic heterocycles. The van der Waals surface area contributed by atoms with Gasteiger partial charge < -0.3 is 19.4 Å². The van der Waals surface area contributed by atoms with Gasteiger partial charge in [0.05, 0.1) is 12.3 Å². The van der Waals surface area contributed by atoms with E-state index < -0.39 is 12.2 Å². The number of aliphatic hydroxyl groups excluding tert-OH is 1. The zero-order valence-corrected chi connectivity index (χ0v) is 13.5. The fraction of sp³-hybridized carbons (Fsp3) is 0.278. The second-order valence-electron chi connectivity index (χ2n) is 6.00. The van der Waals surface area contributed by atoms with Crippen LogP contribution in [-0.2, 0) is 4.74 Å². The molecule has 0 radical (unpaired) electrons. The first-order chi connectivity index (χ1) is 12.1. The van der Waals surface area contributed by atoms with E-state index in [1.54, 1.807) is 18.3 Å². The van der Waals surface area contributed by atoms with Crippen LogP contribution in [0.1, 0.15) is 5.56 Å². The smallest absolute Gasteiger partial charge is 0.415 e. The zero-order valence-electron chi connectivity index (χ0n) is 13.5. The first-order valence-corrected chi connectivity index (χ1v) is 7.84. The molecule has 0 aliphatic carbocycles. The van der Waals surface area contributed by atoms with Crippen LogP contribution in [0.4, 0.5) is 16.3 Å². The highest BCUT2D eigenvalue weighted by atomic mass is 16.6. The fourth-order valence-electron chi connectivity index (χ4n) is 3.26. The van der Waals surface area contributed by atoms with Crippen LogP contribution in [0.3, 0.4) is 0 Å². The van der Waals surface area contributed by atoms with Crippen LogP contribution in [0.2, 0.25) is 0 Å². The minimum atomic E-state index is -0.576. The summed E-state index contributed by atoms with van der Waals surface area (Å²) in [6.45, 7) is 8.99. The van der Waals surface area contributed by atoms with Crippen molar-refractivity contribution in [3.63, 3.8) is 0 Å². The molecule has 2 aliphatic heterocycles. The van der Waals surface area contributed by atoms with E-state index in [0.29, 0.717) is 17.3 Å². The molecule has 1 saturated heterocycles. The molecule has 25 heavy (non-hydrogen) atoms. The number of ether oxygens (including phenoxy) is 2. The average Bonchev–Trinajstić information content (AvgIpc) is 2.97. The Morgan fingerprint density at radius 1 is 1.44 bits per heavy atom. The normalized spacial score (nSPS) is 21.0. The third kappa shape index (κ3) is 2.39. The average molecular weight is 337 g/mol. The predicted octanol–water partition coefficient (Wildman–Crippen LogP) is 2.69. The summed E-state index contributed by atoms with van der Waals surface area (Å²) in [4.78, 5) is 21.1. The number of hydrogen-bond acceptors (Lipinski definition) is 5. The number of benzene rings is 1. The molecule has 2 aromatic rings. The summed E-state index contributed by atoms with van der Waals surface area (Å²) in [6, 6.07) is 6.96. The Labute approximate surface area is 144 Å². The van der Waals surface area contributed by atoms with Crippen molar-refractivity contribution in [2.45, 2.75) is 19.1 Å². The number of carbonyl (C=O) groups excluding carboxylic acids is 1. The maximum Gasteiger partial charge on any atom is 0.415 e. The van der Waals surface area contributed by atoms with Crippen molar-refractivity contribution in [1.29, 1.82) is 0 Å². The van der Waals surface area contributed by atoms with Crippen molar-refractivity contribution in [3.05, 3.63) is 47.4 Å². The van der Waals surface area contributed by atoms with Crippen LogP contribution >= 0.6 is 0 Å². The molecular weight excluding hydrogens is 322 g/mol. The minimum absolute atomic E-state index is 0.234. The summed E-state index contributed by atoms with van der Waals surface area (Å²) < 4.78 is 11.0. The van der Waals surface area contributed by atoms with Gasteiger partial charge in [0.15, 0.2) is 6.10 Å². The number of fused-ring (bicyclic) bond motifs is 3. The number of rotatable bonds is 2. The number of pyridine rings is 1. The minimum Gasteiger partial charge on any atom is -0.489 e. The number of anilines is 1. The maximum absolute atomic E-state index is 12.1. The molecule has 0 saturated carbocycles. The quantitative estimate of drug-likeness (QED) is 0.853. The van der Waals surface area contributed by atoms with Gasteiger partial charge >= 0.3 is 6.09 Å². The molecule has 1 amide bonds. The van der Waals surface area contributed by atoms with Crippen molar-refractivity contribution in [3.8, 4) is 16.9 Å². The summed E-state index contributed by atoms with van der Waals surface area (Å²) in [7, 11) is 0. The molecule has 0 unspecified atom stereocenters. The standard InChI is InChI=1S/C18H15N3O4/c1-10-5-17(19-2)20-7-12(10)11-3-4-13-15(6-11)24-9-14-16(8-22)25-18(23)21(13)14/h3-7,14,16,22H,8-9H2,1H3/t14-,16-/m0/s1. The molecule has 7 heteroatoms. The summed E-state index contributed by atoms with van der Waals surface area (Å²) in [5, 5.41) is 9.35. The van der Waals surface area contributed by atoms with Gasteiger partial charge in [0.1, 0.15) is 24.6 Å². The molecule has 1 fully saturated rings. The lowest BCUT2D eigenvalue weighted by molar-refractivity contribution is 0.0734. The lowest BCUT2D eigenvalue weighted by atomic mass is 10.0. The van der Waals surface area contributed by atoms with Gasteiger partial charge in [-0.05, 0) is 36.2 Å². The summed E-state index contributed by atoms with van der Waals surface area (Å²) in [5.41, 5.74) is 3.36. The third-order valence-corrected chi connectivity index (χ3v) is 4.54. The second-order valence-corrected chi connectivity index (χ2v) is 6.00. The lowest BCUT2D eigenvalue weighted by Gasteiger charge is -2.31. The Balaban J connectivity index is 1.73.